The fourth-order valence-corrected chi connectivity index (χ4v) is 2.69. The van der Waals surface area contributed by atoms with E-state index >= 15 is 0 Å². The lowest BCUT2D eigenvalue weighted by atomic mass is 10.1. The Kier molecular flexibility index (Phi) is 8.08. The van der Waals surface area contributed by atoms with E-state index in [2.05, 4.69) is 22.2 Å². The highest BCUT2D eigenvalue weighted by molar-refractivity contribution is 5.97. The molecular weight excluding hydrogens is 416 g/mol. The monoisotopic (exact) mass is 445 g/mol. The number of carbonyl (C=O) groups is 2. The van der Waals surface area contributed by atoms with Crippen LogP contribution >= 0.6 is 0 Å². The minimum absolute atomic E-state index is 0.187. The third-order valence-corrected chi connectivity index (χ3v) is 4.72. The van der Waals surface area contributed by atoms with Crippen LogP contribution < -0.4 is 15.4 Å². The summed E-state index contributed by atoms with van der Waals surface area (Å²) < 4.78 is 32.6. The van der Waals surface area contributed by atoms with Gasteiger partial charge in [0, 0.05) is 23.7 Å². The zero-order chi connectivity index (χ0) is 24.1. The molecule has 0 aliphatic rings. The third-order valence-electron chi connectivity index (χ3n) is 4.72. The number of hydrogen-bond donors (Lipinski definition) is 2. The Morgan fingerprint density at radius 3 is 2.47 bits per heavy atom. The first-order valence-corrected chi connectivity index (χ1v) is 10.2. The molecule has 0 bridgehead atoms. The first-order valence-electron chi connectivity index (χ1n) is 10.2. The van der Waals surface area contributed by atoms with Crippen molar-refractivity contribution in [2.24, 2.45) is 5.92 Å². The summed E-state index contributed by atoms with van der Waals surface area (Å²) in [7, 11) is 0. The molecule has 172 valence electrons. The molecule has 2 rings (SSSR count). The summed E-state index contributed by atoms with van der Waals surface area (Å²) in [4.78, 5) is 28.7. The predicted octanol–water partition coefficient (Wildman–Crippen LogP) is 4.81. The average molecular weight is 446 g/mol. The quantitative estimate of drug-likeness (QED) is 0.543. The van der Waals surface area contributed by atoms with Gasteiger partial charge in [-0.15, -0.1) is 0 Å². The van der Waals surface area contributed by atoms with E-state index in [1.165, 1.54) is 13.0 Å². The summed E-state index contributed by atoms with van der Waals surface area (Å²) in [5.41, 5.74) is 2.17. The van der Waals surface area contributed by atoms with Gasteiger partial charge in [-0.1, -0.05) is 32.6 Å². The number of nitrogens with one attached hydrogen (secondary N) is 2. The van der Waals surface area contributed by atoms with E-state index in [4.69, 9.17) is 4.74 Å². The van der Waals surface area contributed by atoms with Gasteiger partial charge in [0.1, 0.15) is 11.6 Å². The highest BCUT2D eigenvalue weighted by Crippen LogP contribution is 2.26. The summed E-state index contributed by atoms with van der Waals surface area (Å²) in [6.45, 7) is 11.0. The van der Waals surface area contributed by atoms with Gasteiger partial charge in [0.25, 0.3) is 5.91 Å². The van der Waals surface area contributed by atoms with Crippen LogP contribution in [0, 0.1) is 19.8 Å². The summed E-state index contributed by atoms with van der Waals surface area (Å²) >= 11 is 0. The maximum absolute atomic E-state index is 13.7. The second-order valence-electron chi connectivity index (χ2n) is 8.08. The van der Waals surface area contributed by atoms with Gasteiger partial charge in [0.2, 0.25) is 5.91 Å². The zero-order valence-corrected chi connectivity index (χ0v) is 19.0. The van der Waals surface area contributed by atoms with Crippen LogP contribution in [-0.2, 0) is 11.3 Å². The Hall–Kier alpha value is -3.29. The molecule has 8 heteroatoms. The first kappa shape index (κ1) is 25.0. The topological polar surface area (TPSA) is 80.3 Å². The van der Waals surface area contributed by atoms with Crippen molar-refractivity contribution in [2.45, 2.75) is 47.1 Å². The van der Waals surface area contributed by atoms with Crippen LogP contribution in [0.5, 0.6) is 5.75 Å². The molecule has 6 nitrogen and oxygen atoms in total. The van der Waals surface area contributed by atoms with Crippen molar-refractivity contribution in [3.8, 4) is 5.75 Å². The predicted molar refractivity (Wildman–Crippen MR) is 120 cm³/mol. The number of anilines is 1. The molecule has 2 aromatic rings. The van der Waals surface area contributed by atoms with Crippen molar-refractivity contribution in [1.29, 1.82) is 0 Å². The third kappa shape index (κ3) is 6.87. The Morgan fingerprint density at radius 1 is 1.19 bits per heavy atom. The fraction of sp³-hybridized carbons (Fsp3) is 0.375. The highest BCUT2D eigenvalue weighted by Gasteiger charge is 2.31. The highest BCUT2D eigenvalue weighted by atomic mass is 19.3. The molecule has 0 fully saturated rings. The van der Waals surface area contributed by atoms with Crippen LogP contribution in [0.15, 0.2) is 42.5 Å². The van der Waals surface area contributed by atoms with Crippen molar-refractivity contribution in [3.05, 3.63) is 64.9 Å². The maximum atomic E-state index is 13.7. The van der Waals surface area contributed by atoms with Crippen molar-refractivity contribution < 1.29 is 23.1 Å². The minimum atomic E-state index is -3.10. The lowest BCUT2D eigenvalue weighted by molar-refractivity contribution is -0.118. The number of aryl methyl sites for hydroxylation is 2. The number of halogens is 2. The van der Waals surface area contributed by atoms with E-state index in [9.17, 15) is 18.4 Å². The maximum Gasteiger partial charge on any atom is 0.302 e. The van der Waals surface area contributed by atoms with E-state index in [-0.39, 0.29) is 29.9 Å². The van der Waals surface area contributed by atoms with Crippen LogP contribution in [0.25, 0.3) is 0 Å². The number of benzene rings is 1. The molecular formula is C24H29F2N3O3. The lowest BCUT2D eigenvalue weighted by Gasteiger charge is -2.18. The van der Waals surface area contributed by atoms with Crippen molar-refractivity contribution >= 4 is 17.6 Å². The smallest absolute Gasteiger partial charge is 0.302 e. The SMILES string of the molecule is C=C(C)C(F)(F)COc1ccc(CNC(=O)c2cc(C)nc(NC(=O)C(C)C)c2)cc1C. The summed E-state index contributed by atoms with van der Waals surface area (Å²) in [6, 6.07) is 8.21. The van der Waals surface area contributed by atoms with Gasteiger partial charge in [0.15, 0.2) is 6.61 Å². The Labute approximate surface area is 187 Å². The molecule has 32 heavy (non-hydrogen) atoms. The fourth-order valence-electron chi connectivity index (χ4n) is 2.69. The Bertz CT molecular complexity index is 1020. The molecule has 1 aromatic heterocycles. The van der Waals surface area contributed by atoms with E-state index in [1.807, 2.05) is 0 Å². The lowest BCUT2D eigenvalue weighted by Crippen LogP contribution is -2.26. The number of pyridine rings is 1. The number of alkyl halides is 2. The molecule has 2 N–H and O–H groups in total. The molecule has 0 saturated carbocycles. The number of rotatable bonds is 9. The molecule has 2 amide bonds. The van der Waals surface area contributed by atoms with E-state index in [0.29, 0.717) is 28.4 Å². The Morgan fingerprint density at radius 2 is 1.88 bits per heavy atom. The van der Waals surface area contributed by atoms with Crippen LogP contribution in [0.1, 0.15) is 48.0 Å². The number of amides is 2. The van der Waals surface area contributed by atoms with Crippen LogP contribution in [0.3, 0.4) is 0 Å². The number of ether oxygens (including phenoxy) is 1. The molecule has 0 aliphatic heterocycles. The number of nitrogens with zero attached hydrogens (tertiary/aromatic N) is 1. The van der Waals surface area contributed by atoms with Crippen LogP contribution in [-0.4, -0.2) is 29.3 Å². The summed E-state index contributed by atoms with van der Waals surface area (Å²) in [5, 5.41) is 5.50. The summed E-state index contributed by atoms with van der Waals surface area (Å²) in [6.07, 6.45) is 0. The van der Waals surface area contributed by atoms with E-state index in [0.717, 1.165) is 5.56 Å². The largest absolute Gasteiger partial charge is 0.487 e. The molecule has 0 spiro atoms. The normalized spacial score (nSPS) is 11.2. The van der Waals surface area contributed by atoms with Crippen molar-refractivity contribution in [3.63, 3.8) is 0 Å². The first-order chi connectivity index (χ1) is 14.9. The second-order valence-corrected chi connectivity index (χ2v) is 8.08. The number of aromatic nitrogens is 1. The Balaban J connectivity index is 2.02. The van der Waals surface area contributed by atoms with Gasteiger partial charge in [-0.25, -0.2) is 4.98 Å². The molecule has 0 aliphatic carbocycles. The molecule has 0 radical (unpaired) electrons. The molecule has 1 aromatic carbocycles. The van der Waals surface area contributed by atoms with E-state index in [1.54, 1.807) is 52.0 Å². The summed E-state index contributed by atoms with van der Waals surface area (Å²) in [5.74, 6) is -3.16. The second kappa shape index (κ2) is 10.3. The number of carbonyl (C=O) groups excluding carboxylic acids is 2. The average Bonchev–Trinajstić information content (AvgIpc) is 2.70. The van der Waals surface area contributed by atoms with Gasteiger partial charge >= 0.3 is 5.92 Å². The minimum Gasteiger partial charge on any atom is -0.487 e. The van der Waals surface area contributed by atoms with E-state index < -0.39 is 12.5 Å². The van der Waals surface area contributed by atoms with Gasteiger partial charge < -0.3 is 15.4 Å². The van der Waals surface area contributed by atoms with Gasteiger partial charge in [-0.05, 0) is 55.7 Å². The van der Waals surface area contributed by atoms with Crippen molar-refractivity contribution in [2.75, 3.05) is 11.9 Å². The standard InChI is InChI=1S/C24H29F2N3O3/c1-14(2)22(30)29-21-11-19(10-17(6)28-21)23(31)27-12-18-7-8-20(16(5)9-18)32-13-24(25,26)15(3)4/h7-11,14H,3,12-13H2,1-2,4-6H3,(H,27,31)(H,28,29,30). The molecule has 0 saturated heterocycles. The van der Waals surface area contributed by atoms with Crippen molar-refractivity contribution in [1.82, 2.24) is 10.3 Å². The molecule has 0 atom stereocenters. The van der Waals surface area contributed by atoms with Crippen LogP contribution in [0.2, 0.25) is 0 Å². The van der Waals surface area contributed by atoms with Crippen LogP contribution in [0.4, 0.5) is 14.6 Å². The van der Waals surface area contributed by atoms with Gasteiger partial charge in [-0.3, -0.25) is 9.59 Å². The number of hydrogen-bond acceptors (Lipinski definition) is 4. The van der Waals surface area contributed by atoms with Gasteiger partial charge in [-0.2, -0.15) is 8.78 Å². The molecule has 1 heterocycles. The zero-order valence-electron chi connectivity index (χ0n) is 19.0. The van der Waals surface area contributed by atoms with Gasteiger partial charge in [0.05, 0.1) is 0 Å². The molecule has 0 unspecified atom stereocenters.